The molecule has 2 saturated heterocycles. The summed E-state index contributed by atoms with van der Waals surface area (Å²) in [5.74, 6) is -19.2. The Morgan fingerprint density at radius 3 is 1.74 bits per heavy atom. The lowest BCUT2D eigenvalue weighted by molar-refractivity contribution is -0.148. The molecule has 7 atom stereocenters. The van der Waals surface area contributed by atoms with Crippen molar-refractivity contribution in [3.05, 3.63) is 81.6 Å². The average Bonchev–Trinajstić information content (AvgIpc) is 1.56. The molecule has 0 radical (unpaired) electrons. The molecule has 2 aliphatic heterocycles. The van der Waals surface area contributed by atoms with Crippen LogP contribution in [0.1, 0.15) is 140 Å². The van der Waals surface area contributed by atoms with Gasteiger partial charge in [0.15, 0.2) is 0 Å². The first kappa shape index (κ1) is 80.6. The molecule has 1 spiro atoms. The minimum Gasteiger partial charge on any atom is -0.343 e. The standard InChI is InChI=1S/C68H91F10N11O11/c1-13-39(4)56-62(98)84(8)35-53(92)82(6)36-54(93)87(11)49(32-41-20-23-44(24-21-41)67(73,74)75)61(97)83(7)34-51(90)79-47(25-22-42-30-45(69)55(46(70)31-42)68(76,77)78)60(96)89-37-66(71,72)33-50(89)59(95)81-65(26-16-17-27-65)64(100)88(12)57(43-18-14-15-19-43)63(99)85(9)40(5)29-52(91)86(10)48(28-38(2)3)58(94)80-56/h20-21,23-24,30-31,38-40,47-50,56H,13-19,22,25-29,32-37H2,1-12H3,(H,79,90)(H,80,94)(H,81,95)/t39-,40+,47-,48-,49-,50-,56-/m0/s1. The van der Waals surface area contributed by atoms with E-state index in [-0.39, 0.29) is 42.9 Å². The second-order valence-electron chi connectivity index (χ2n) is 27.5. The van der Waals surface area contributed by atoms with Gasteiger partial charge < -0.3 is 55.1 Å². The summed E-state index contributed by atoms with van der Waals surface area (Å²) in [6.45, 7) is 4.58. The van der Waals surface area contributed by atoms with Crippen LogP contribution in [0.5, 0.6) is 0 Å². The fourth-order valence-electron chi connectivity index (χ4n) is 13.1. The quantitative estimate of drug-likeness (QED) is 0.181. The first-order chi connectivity index (χ1) is 46.4. The number of alkyl halides is 8. The Balaban J connectivity index is 1.45. The lowest BCUT2D eigenvalue weighted by Gasteiger charge is -2.38. The molecule has 2 saturated carbocycles. The van der Waals surface area contributed by atoms with Crippen molar-refractivity contribution in [2.45, 2.75) is 191 Å². The predicted octanol–water partition coefficient (Wildman–Crippen LogP) is 6.47. The number of rotatable bonds is 9. The number of carbonyl (C=O) groups is 11. The third kappa shape index (κ3) is 19.6. The maximum absolute atomic E-state index is 16.0. The Kier molecular flexibility index (Phi) is 26.6. The van der Waals surface area contributed by atoms with Crippen molar-refractivity contribution in [2.75, 3.05) is 75.5 Å². The van der Waals surface area contributed by atoms with E-state index in [1.54, 1.807) is 20.8 Å². The van der Waals surface area contributed by atoms with Gasteiger partial charge in [0.2, 0.25) is 53.2 Å². The van der Waals surface area contributed by atoms with Crippen LogP contribution in [-0.2, 0) is 77.9 Å². The van der Waals surface area contributed by atoms with Gasteiger partial charge in [-0.1, -0.05) is 59.1 Å². The topological polar surface area (TPSA) is 250 Å². The molecule has 554 valence electrons. The van der Waals surface area contributed by atoms with Crippen LogP contribution < -0.4 is 16.0 Å². The van der Waals surface area contributed by atoms with Crippen LogP contribution in [0.15, 0.2) is 47.7 Å². The summed E-state index contributed by atoms with van der Waals surface area (Å²) in [5, 5.41) is 7.73. The van der Waals surface area contributed by atoms with E-state index in [0.717, 1.165) is 45.8 Å². The van der Waals surface area contributed by atoms with E-state index in [1.165, 1.54) is 45.0 Å². The molecule has 0 bridgehead atoms. The zero-order chi connectivity index (χ0) is 75.0. The van der Waals surface area contributed by atoms with Crippen LogP contribution >= 0.6 is 0 Å². The lowest BCUT2D eigenvalue weighted by atomic mass is 9.93. The summed E-state index contributed by atoms with van der Waals surface area (Å²) in [5.41, 5.74) is -5.23. The Morgan fingerprint density at radius 2 is 1.19 bits per heavy atom. The maximum Gasteiger partial charge on any atom is 0.422 e. The normalized spacial score (nSPS) is 24.6. The summed E-state index contributed by atoms with van der Waals surface area (Å²) in [6.07, 6.45) is -11.3. The minimum absolute atomic E-state index is 0.0426. The number of hydrogen-bond donors (Lipinski definition) is 3. The van der Waals surface area contributed by atoms with Gasteiger partial charge >= 0.3 is 12.4 Å². The first-order valence-electron chi connectivity index (χ1n) is 33.3. The molecule has 2 aromatic rings. The van der Waals surface area contributed by atoms with Gasteiger partial charge in [-0.05, 0) is 118 Å². The number of fused-ring (bicyclic) bond motifs is 1. The molecule has 2 heterocycles. The van der Waals surface area contributed by atoms with Gasteiger partial charge in [-0.15, -0.1) is 0 Å². The van der Waals surface area contributed by atoms with E-state index in [4.69, 9.17) is 0 Å². The molecular weight excluding hydrogens is 1340 g/mol. The Hall–Kier alpha value is -8.35. The smallest absolute Gasteiger partial charge is 0.343 e. The van der Waals surface area contributed by atoms with Gasteiger partial charge in [-0.25, -0.2) is 17.6 Å². The second-order valence-corrected chi connectivity index (χ2v) is 27.5. The molecule has 0 aromatic heterocycles. The van der Waals surface area contributed by atoms with E-state index in [2.05, 4.69) is 16.0 Å². The van der Waals surface area contributed by atoms with Crippen molar-refractivity contribution in [3.63, 3.8) is 0 Å². The monoisotopic (exact) mass is 1430 g/mol. The van der Waals surface area contributed by atoms with Crippen molar-refractivity contribution in [1.29, 1.82) is 0 Å². The van der Waals surface area contributed by atoms with E-state index >= 15 is 27.2 Å². The summed E-state index contributed by atoms with van der Waals surface area (Å²) in [4.78, 5) is 168. The molecule has 11 amide bonds. The van der Waals surface area contributed by atoms with Gasteiger partial charge in [0.05, 0.1) is 31.7 Å². The molecule has 22 nitrogen and oxygen atoms in total. The van der Waals surface area contributed by atoms with Gasteiger partial charge in [0, 0.05) is 74.6 Å². The van der Waals surface area contributed by atoms with Crippen molar-refractivity contribution >= 4 is 65.0 Å². The SMILES string of the molecule is CC[C@H](C)[C@@H]1NC(=O)[C@H](CC(C)C)N(C)C(=O)C[C@@H](C)N(C)C(=O)C(=C2CCCC2)N(C)C(=O)C2(CCCC2)NC(=O)[C@@H]2CC(F)(F)CN2C(=O)[C@H](CCc2cc(F)c(C(F)(F)F)c(F)c2)NC(=O)CN(C)C(=O)[C@H](Cc2ccc(C(F)(F)F)cc2)N(C)C(=O)CN(C)C(=O)CN(C)C1=O. The van der Waals surface area contributed by atoms with E-state index < -0.39 is 211 Å². The van der Waals surface area contributed by atoms with Gasteiger partial charge in [-0.3, -0.25) is 52.7 Å². The number of amides is 11. The highest BCUT2D eigenvalue weighted by Gasteiger charge is 2.55. The highest BCUT2D eigenvalue weighted by molar-refractivity contribution is 6.03. The Morgan fingerprint density at radius 1 is 0.630 bits per heavy atom. The zero-order valence-electron chi connectivity index (χ0n) is 58.4. The molecule has 4 fully saturated rings. The third-order valence-electron chi connectivity index (χ3n) is 19.5. The zero-order valence-corrected chi connectivity index (χ0v) is 58.4. The molecular formula is C68H91F10N11O11. The van der Waals surface area contributed by atoms with Gasteiger partial charge in [0.1, 0.15) is 58.6 Å². The van der Waals surface area contributed by atoms with Crippen molar-refractivity contribution < 1.29 is 96.6 Å². The number of nitrogens with one attached hydrogen (secondary N) is 3. The highest BCUT2D eigenvalue weighted by Crippen LogP contribution is 2.39. The molecule has 32 heteroatoms. The van der Waals surface area contributed by atoms with Crippen molar-refractivity contribution in [3.8, 4) is 0 Å². The van der Waals surface area contributed by atoms with E-state index in [9.17, 15) is 69.5 Å². The number of nitrogens with zero attached hydrogens (tertiary/aromatic N) is 8. The molecule has 4 aliphatic rings. The summed E-state index contributed by atoms with van der Waals surface area (Å²) in [6, 6.07) is -5.28. The Bertz CT molecular complexity index is 3400. The fourth-order valence-corrected chi connectivity index (χ4v) is 13.1. The second kappa shape index (κ2) is 33.0. The van der Waals surface area contributed by atoms with Crippen LogP contribution in [0, 0.1) is 23.5 Å². The molecule has 3 N–H and O–H groups in total. The molecule has 100 heavy (non-hydrogen) atoms. The average molecular weight is 1430 g/mol. The maximum atomic E-state index is 16.0. The van der Waals surface area contributed by atoms with Crippen molar-refractivity contribution in [2.24, 2.45) is 11.8 Å². The highest BCUT2D eigenvalue weighted by atomic mass is 19.4. The number of halogens is 10. The van der Waals surface area contributed by atoms with E-state index in [1.807, 2.05) is 13.8 Å². The van der Waals surface area contributed by atoms with Crippen LogP contribution in [0.2, 0.25) is 0 Å². The number of aryl methyl sites for hydroxylation is 1. The van der Waals surface area contributed by atoms with E-state index in [0.29, 0.717) is 84.6 Å². The first-order valence-corrected chi connectivity index (χ1v) is 33.3. The summed E-state index contributed by atoms with van der Waals surface area (Å²) < 4.78 is 144. The van der Waals surface area contributed by atoms with Crippen LogP contribution in [0.3, 0.4) is 0 Å². The van der Waals surface area contributed by atoms with Gasteiger partial charge in [-0.2, -0.15) is 26.3 Å². The molecule has 6 rings (SSSR count). The number of hydrogen-bond acceptors (Lipinski definition) is 11. The Labute approximate surface area is 574 Å². The number of benzene rings is 2. The summed E-state index contributed by atoms with van der Waals surface area (Å²) >= 11 is 0. The lowest BCUT2D eigenvalue weighted by Crippen LogP contribution is -2.62. The predicted molar refractivity (Wildman–Crippen MR) is 343 cm³/mol. The number of likely N-dealkylation sites (N-methyl/N-ethyl adjacent to an activating group) is 7. The number of allylic oxidation sites excluding steroid dienone is 1. The van der Waals surface area contributed by atoms with Crippen LogP contribution in [0.25, 0.3) is 0 Å². The third-order valence-corrected chi connectivity index (χ3v) is 19.5. The van der Waals surface area contributed by atoms with Crippen molar-refractivity contribution in [1.82, 2.24) is 55.1 Å². The van der Waals surface area contributed by atoms with Crippen LogP contribution in [-0.4, -0.2) is 227 Å². The molecule has 2 aromatic carbocycles. The number of carbonyl (C=O) groups excluding carboxylic acids is 11. The largest absolute Gasteiger partial charge is 0.422 e. The van der Waals surface area contributed by atoms with Gasteiger partial charge in [0.25, 0.3) is 17.7 Å². The molecule has 0 unspecified atom stereocenters. The molecule has 2 aliphatic carbocycles. The fraction of sp³-hybridized carbons (Fsp3) is 0.632. The van der Waals surface area contributed by atoms with Crippen LogP contribution in [0.4, 0.5) is 43.9 Å². The minimum atomic E-state index is -5.51. The summed E-state index contributed by atoms with van der Waals surface area (Å²) in [7, 11) is 8.72.